The van der Waals surface area contributed by atoms with E-state index in [1.807, 2.05) is 25.1 Å². The molecule has 0 unspecified atom stereocenters. The fraction of sp³-hybridized carbons (Fsp3) is 0.200. The molecule has 7 heteroatoms. The van der Waals surface area contributed by atoms with Crippen molar-refractivity contribution in [3.8, 4) is 0 Å². The minimum absolute atomic E-state index is 0.0316. The Morgan fingerprint density at radius 2 is 2.00 bits per heavy atom. The molecule has 2 aliphatic rings. The Morgan fingerprint density at radius 3 is 2.74 bits per heavy atom. The van der Waals surface area contributed by atoms with Crippen LogP contribution in [0.2, 0.25) is 0 Å². The molecule has 0 aliphatic carbocycles. The van der Waals surface area contributed by atoms with E-state index in [1.165, 1.54) is 15.7 Å². The second kappa shape index (κ2) is 7.34. The van der Waals surface area contributed by atoms with Crippen molar-refractivity contribution >= 4 is 51.5 Å². The maximum atomic E-state index is 12.3. The van der Waals surface area contributed by atoms with Crippen LogP contribution < -0.4 is 4.90 Å². The third-order valence-electron chi connectivity index (χ3n) is 4.51. The molecule has 1 fully saturated rings. The van der Waals surface area contributed by atoms with E-state index >= 15 is 0 Å². The van der Waals surface area contributed by atoms with Gasteiger partial charge in [0.15, 0.2) is 5.76 Å². The quantitative estimate of drug-likeness (QED) is 0.627. The molecule has 0 aromatic heterocycles. The number of allylic oxidation sites excluding steroid dienone is 2. The van der Waals surface area contributed by atoms with Crippen LogP contribution in [0.3, 0.4) is 0 Å². The van der Waals surface area contributed by atoms with E-state index < -0.39 is 0 Å². The number of benzene rings is 2. The summed E-state index contributed by atoms with van der Waals surface area (Å²) in [7, 11) is 0. The van der Waals surface area contributed by atoms with Gasteiger partial charge in [0, 0.05) is 18.0 Å². The van der Waals surface area contributed by atoms with Crippen LogP contribution in [-0.4, -0.2) is 40.8 Å². The normalized spacial score (nSPS) is 19.5. The van der Waals surface area contributed by atoms with Crippen molar-refractivity contribution in [2.75, 3.05) is 24.6 Å². The summed E-state index contributed by atoms with van der Waals surface area (Å²) in [6, 6.07) is 12.4. The molecular formula is C20H18N2O3S2. The van der Waals surface area contributed by atoms with Gasteiger partial charge in [-0.3, -0.25) is 9.69 Å². The Morgan fingerprint density at radius 1 is 1.19 bits per heavy atom. The lowest BCUT2D eigenvalue weighted by atomic mass is 10.1. The Balaban J connectivity index is 1.72. The lowest BCUT2D eigenvalue weighted by molar-refractivity contribution is -0.122. The van der Waals surface area contributed by atoms with Crippen LogP contribution in [0.1, 0.15) is 6.92 Å². The monoisotopic (exact) mass is 398 g/mol. The van der Waals surface area contributed by atoms with Gasteiger partial charge in [0.1, 0.15) is 0 Å². The standard InChI is InChI=1S/C20H18N2O3S2/c1-2-21-19(24)16(25-20(21)26)9-10-17-22(11-12-23)15-8-7-13-5-3-4-6-14(13)18(15)27-17/h3-10,23H,2,11-12H2,1H3/b16-9-,17-10+. The predicted octanol–water partition coefficient (Wildman–Crippen LogP) is 3.63. The summed E-state index contributed by atoms with van der Waals surface area (Å²) in [5.41, 5.74) is 1.06. The molecule has 5 nitrogen and oxygen atoms in total. The third kappa shape index (κ3) is 3.12. The van der Waals surface area contributed by atoms with Gasteiger partial charge in [-0.1, -0.05) is 42.1 Å². The summed E-state index contributed by atoms with van der Waals surface area (Å²) in [4.78, 5) is 16.9. The SMILES string of the molecule is CCN1C(=O)/C(=C/C=C2/Sc3c(ccc4ccccc34)N2CCO)OC1=S. The molecule has 0 bridgehead atoms. The molecular weight excluding hydrogens is 380 g/mol. The number of carbonyl (C=O) groups excluding carboxylic acids is 1. The van der Waals surface area contributed by atoms with Crippen molar-refractivity contribution in [2.45, 2.75) is 11.8 Å². The maximum absolute atomic E-state index is 12.3. The van der Waals surface area contributed by atoms with Gasteiger partial charge in [0.2, 0.25) is 0 Å². The van der Waals surface area contributed by atoms with E-state index in [0.717, 1.165) is 15.6 Å². The highest BCUT2D eigenvalue weighted by molar-refractivity contribution is 8.04. The van der Waals surface area contributed by atoms with Crippen LogP contribution in [0.5, 0.6) is 0 Å². The molecule has 138 valence electrons. The summed E-state index contributed by atoms with van der Waals surface area (Å²) in [6.45, 7) is 2.84. The van der Waals surface area contributed by atoms with Crippen LogP contribution in [0.25, 0.3) is 10.8 Å². The number of aliphatic hydroxyl groups is 1. The van der Waals surface area contributed by atoms with Gasteiger partial charge in [-0.25, -0.2) is 0 Å². The molecule has 27 heavy (non-hydrogen) atoms. The minimum atomic E-state index is -0.223. The number of rotatable bonds is 4. The molecule has 4 rings (SSSR count). The number of nitrogens with zero attached hydrogens (tertiary/aromatic N) is 2. The smallest absolute Gasteiger partial charge is 0.297 e. The van der Waals surface area contributed by atoms with E-state index in [1.54, 1.807) is 17.8 Å². The lowest BCUT2D eigenvalue weighted by Crippen LogP contribution is -2.27. The molecule has 1 amide bonds. The molecule has 0 saturated carbocycles. The molecule has 2 aromatic rings. The fourth-order valence-corrected chi connectivity index (χ4v) is 4.74. The van der Waals surface area contributed by atoms with Gasteiger partial charge >= 0.3 is 0 Å². The third-order valence-corrected chi connectivity index (χ3v) is 6.02. The largest absolute Gasteiger partial charge is 0.426 e. The summed E-state index contributed by atoms with van der Waals surface area (Å²) in [6.07, 6.45) is 3.51. The van der Waals surface area contributed by atoms with Crippen molar-refractivity contribution in [1.82, 2.24) is 4.90 Å². The highest BCUT2D eigenvalue weighted by atomic mass is 32.2. The minimum Gasteiger partial charge on any atom is -0.426 e. The number of fused-ring (bicyclic) bond motifs is 3. The van der Waals surface area contributed by atoms with Crippen molar-refractivity contribution in [2.24, 2.45) is 0 Å². The van der Waals surface area contributed by atoms with Crippen LogP contribution in [0.15, 0.2) is 64.2 Å². The van der Waals surface area contributed by atoms with Gasteiger partial charge in [-0.15, -0.1) is 0 Å². The van der Waals surface area contributed by atoms with Crippen molar-refractivity contribution in [1.29, 1.82) is 0 Å². The second-order valence-corrected chi connectivity index (χ2v) is 7.45. The zero-order valence-corrected chi connectivity index (χ0v) is 16.3. The Hall–Kier alpha value is -2.35. The molecule has 2 aliphatic heterocycles. The van der Waals surface area contributed by atoms with E-state index in [0.29, 0.717) is 13.1 Å². The predicted molar refractivity (Wildman–Crippen MR) is 111 cm³/mol. The van der Waals surface area contributed by atoms with Crippen molar-refractivity contribution in [3.05, 3.63) is 59.3 Å². The van der Waals surface area contributed by atoms with Gasteiger partial charge < -0.3 is 14.7 Å². The summed E-state index contributed by atoms with van der Waals surface area (Å²) < 4.78 is 5.43. The molecule has 2 heterocycles. The van der Waals surface area contributed by atoms with Crippen molar-refractivity contribution < 1.29 is 14.6 Å². The van der Waals surface area contributed by atoms with Crippen LogP contribution in [-0.2, 0) is 9.53 Å². The summed E-state index contributed by atoms with van der Waals surface area (Å²) >= 11 is 6.71. The topological polar surface area (TPSA) is 53.0 Å². The van der Waals surface area contributed by atoms with E-state index in [9.17, 15) is 9.90 Å². The highest BCUT2D eigenvalue weighted by Gasteiger charge is 2.32. The molecule has 0 radical (unpaired) electrons. The molecule has 2 aromatic carbocycles. The number of likely N-dealkylation sites (N-methyl/N-ethyl adjacent to an activating group) is 1. The lowest BCUT2D eigenvalue weighted by Gasteiger charge is -2.19. The Kier molecular flexibility index (Phi) is 4.90. The number of thiocarbonyl (C=S) groups is 1. The first kappa shape index (κ1) is 18.0. The number of hydrogen-bond donors (Lipinski definition) is 1. The second-order valence-electron chi connectivity index (χ2n) is 6.07. The number of thioether (sulfide) groups is 1. The molecule has 0 atom stereocenters. The molecule has 1 saturated heterocycles. The van der Waals surface area contributed by atoms with Crippen molar-refractivity contribution in [3.63, 3.8) is 0 Å². The van der Waals surface area contributed by atoms with Crippen LogP contribution in [0, 0.1) is 0 Å². The average molecular weight is 399 g/mol. The number of amides is 1. The first-order chi connectivity index (χ1) is 13.1. The maximum Gasteiger partial charge on any atom is 0.297 e. The van der Waals surface area contributed by atoms with Crippen LogP contribution in [0.4, 0.5) is 5.69 Å². The molecule has 1 N–H and O–H groups in total. The van der Waals surface area contributed by atoms with Gasteiger partial charge in [-0.05, 0) is 48.1 Å². The zero-order chi connectivity index (χ0) is 19.0. The number of β-amino-alcohol motifs (C(OH)–C–C–N with tert-alkyl or cyclic N) is 1. The van der Waals surface area contributed by atoms with E-state index in [4.69, 9.17) is 17.0 Å². The number of aliphatic hydroxyl groups excluding tert-OH is 1. The Bertz CT molecular complexity index is 1000. The number of ether oxygens (including phenoxy) is 1. The van der Waals surface area contributed by atoms with Crippen LogP contribution >= 0.6 is 24.0 Å². The number of anilines is 1. The highest BCUT2D eigenvalue weighted by Crippen LogP contribution is 2.49. The zero-order valence-electron chi connectivity index (χ0n) is 14.7. The van der Waals surface area contributed by atoms with Gasteiger partial charge in [0.25, 0.3) is 11.1 Å². The number of carbonyl (C=O) groups is 1. The summed E-state index contributed by atoms with van der Waals surface area (Å²) in [5, 5.41) is 13.0. The first-order valence-corrected chi connectivity index (χ1v) is 9.90. The molecule has 0 spiro atoms. The van der Waals surface area contributed by atoms with E-state index in [2.05, 4.69) is 29.2 Å². The average Bonchev–Trinajstić information content (AvgIpc) is 3.17. The van der Waals surface area contributed by atoms with Gasteiger partial charge in [-0.2, -0.15) is 0 Å². The number of hydrogen-bond acceptors (Lipinski definition) is 6. The summed E-state index contributed by atoms with van der Waals surface area (Å²) in [5.74, 6) is -0.00117. The Labute approximate surface area is 166 Å². The first-order valence-electron chi connectivity index (χ1n) is 8.67. The van der Waals surface area contributed by atoms with E-state index in [-0.39, 0.29) is 23.4 Å². The fourth-order valence-electron chi connectivity index (χ4n) is 3.22. The van der Waals surface area contributed by atoms with Gasteiger partial charge in [0.05, 0.1) is 17.3 Å².